The highest BCUT2D eigenvalue weighted by molar-refractivity contribution is 6.31. The Kier molecular flexibility index (Phi) is 5.66. The smallest absolute Gasteiger partial charge is 0.251 e. The van der Waals surface area contributed by atoms with Gasteiger partial charge in [-0.25, -0.2) is 8.78 Å². The SMILES string of the molecule is O=C(N[C@H]1C[C@H](NCCc2ccc(F)cc2)C1)c1cc(F)cc(Cl)c1. The lowest BCUT2D eigenvalue weighted by Crippen LogP contribution is -2.52. The number of carbonyl (C=O) groups excluding carboxylic acids is 1. The lowest BCUT2D eigenvalue weighted by atomic mass is 9.86. The van der Waals surface area contributed by atoms with Crippen LogP contribution in [0.2, 0.25) is 5.02 Å². The second-order valence-corrected chi connectivity index (χ2v) is 6.76. The van der Waals surface area contributed by atoms with Crippen LogP contribution in [0.3, 0.4) is 0 Å². The van der Waals surface area contributed by atoms with E-state index >= 15 is 0 Å². The average molecular weight is 365 g/mol. The Bertz CT molecular complexity index is 725. The van der Waals surface area contributed by atoms with Crippen molar-refractivity contribution >= 4 is 17.5 Å². The summed E-state index contributed by atoms with van der Waals surface area (Å²) in [4.78, 5) is 12.1. The van der Waals surface area contributed by atoms with Crippen LogP contribution in [-0.2, 0) is 6.42 Å². The fraction of sp³-hybridized carbons (Fsp3) is 0.316. The van der Waals surface area contributed by atoms with Gasteiger partial charge < -0.3 is 10.6 Å². The third-order valence-electron chi connectivity index (χ3n) is 4.36. The van der Waals surface area contributed by atoms with E-state index in [4.69, 9.17) is 11.6 Å². The van der Waals surface area contributed by atoms with Crippen LogP contribution in [-0.4, -0.2) is 24.5 Å². The zero-order chi connectivity index (χ0) is 17.8. The van der Waals surface area contributed by atoms with E-state index in [9.17, 15) is 13.6 Å². The van der Waals surface area contributed by atoms with Crippen molar-refractivity contribution in [1.82, 2.24) is 10.6 Å². The predicted octanol–water partition coefficient (Wildman–Crippen LogP) is 3.71. The molecule has 2 N–H and O–H groups in total. The molecule has 0 aliphatic heterocycles. The van der Waals surface area contributed by atoms with Crippen molar-refractivity contribution < 1.29 is 13.6 Å². The number of benzene rings is 2. The van der Waals surface area contributed by atoms with Crippen molar-refractivity contribution in [2.45, 2.75) is 31.3 Å². The van der Waals surface area contributed by atoms with Crippen LogP contribution in [0.1, 0.15) is 28.8 Å². The zero-order valence-electron chi connectivity index (χ0n) is 13.6. The minimum Gasteiger partial charge on any atom is -0.349 e. The topological polar surface area (TPSA) is 41.1 Å². The first-order valence-electron chi connectivity index (χ1n) is 8.24. The molecule has 0 heterocycles. The fourth-order valence-electron chi connectivity index (χ4n) is 2.93. The van der Waals surface area contributed by atoms with Gasteiger partial charge in [-0.15, -0.1) is 0 Å². The van der Waals surface area contributed by atoms with Gasteiger partial charge in [-0.05, 0) is 61.7 Å². The summed E-state index contributed by atoms with van der Waals surface area (Å²) in [6.07, 6.45) is 2.49. The van der Waals surface area contributed by atoms with Gasteiger partial charge >= 0.3 is 0 Å². The molecule has 0 unspecified atom stereocenters. The largest absolute Gasteiger partial charge is 0.349 e. The molecule has 1 fully saturated rings. The first-order chi connectivity index (χ1) is 12.0. The summed E-state index contributed by atoms with van der Waals surface area (Å²) in [7, 11) is 0. The highest BCUT2D eigenvalue weighted by Crippen LogP contribution is 2.21. The summed E-state index contributed by atoms with van der Waals surface area (Å²) in [6, 6.07) is 10.7. The number of carbonyl (C=O) groups is 1. The van der Waals surface area contributed by atoms with Gasteiger partial charge in [-0.3, -0.25) is 4.79 Å². The van der Waals surface area contributed by atoms with Gasteiger partial charge in [0, 0.05) is 22.7 Å². The number of hydrogen-bond donors (Lipinski definition) is 2. The summed E-state index contributed by atoms with van der Waals surface area (Å²) in [5.74, 6) is -1.06. The third kappa shape index (κ3) is 5.00. The minimum atomic E-state index is -0.522. The normalized spacial score (nSPS) is 19.3. The maximum absolute atomic E-state index is 13.3. The highest BCUT2D eigenvalue weighted by atomic mass is 35.5. The monoisotopic (exact) mass is 364 g/mol. The van der Waals surface area contributed by atoms with Gasteiger partial charge in [0.05, 0.1) is 0 Å². The van der Waals surface area contributed by atoms with E-state index in [1.165, 1.54) is 30.3 Å². The summed E-state index contributed by atoms with van der Waals surface area (Å²) in [5, 5.41) is 6.51. The Hall–Kier alpha value is -1.98. The molecule has 1 aliphatic carbocycles. The van der Waals surface area contributed by atoms with Crippen molar-refractivity contribution in [3.05, 3.63) is 70.2 Å². The number of amides is 1. The number of nitrogens with one attached hydrogen (secondary N) is 2. The molecule has 132 valence electrons. The molecule has 6 heteroatoms. The molecule has 25 heavy (non-hydrogen) atoms. The highest BCUT2D eigenvalue weighted by Gasteiger charge is 2.30. The van der Waals surface area contributed by atoms with Gasteiger partial charge in [0.15, 0.2) is 0 Å². The van der Waals surface area contributed by atoms with Gasteiger partial charge in [0.1, 0.15) is 11.6 Å². The van der Waals surface area contributed by atoms with E-state index < -0.39 is 5.82 Å². The standard InChI is InChI=1S/C19H19ClF2N2O/c20-14-7-13(8-16(22)9-14)19(25)24-18-10-17(11-18)23-6-5-12-1-3-15(21)4-2-12/h1-4,7-9,17-18,23H,5-6,10-11H2,(H,24,25)/t17-,18-. The lowest BCUT2D eigenvalue weighted by molar-refractivity contribution is 0.0902. The van der Waals surface area contributed by atoms with Crippen LogP contribution in [0, 0.1) is 11.6 Å². The third-order valence-corrected chi connectivity index (χ3v) is 4.58. The van der Waals surface area contributed by atoms with E-state index in [2.05, 4.69) is 10.6 Å². The van der Waals surface area contributed by atoms with Crippen LogP contribution in [0.5, 0.6) is 0 Å². The molecule has 3 rings (SSSR count). The van der Waals surface area contributed by atoms with Crippen molar-refractivity contribution in [3.63, 3.8) is 0 Å². The number of hydrogen-bond acceptors (Lipinski definition) is 2. The molecule has 0 aromatic heterocycles. The quantitative estimate of drug-likeness (QED) is 0.820. The van der Waals surface area contributed by atoms with Crippen LogP contribution < -0.4 is 10.6 Å². The number of halogens is 3. The van der Waals surface area contributed by atoms with Gasteiger partial charge in [-0.1, -0.05) is 23.7 Å². The molecule has 2 aromatic carbocycles. The Labute approximate surface area is 150 Å². The van der Waals surface area contributed by atoms with Gasteiger partial charge in [0.25, 0.3) is 5.91 Å². The van der Waals surface area contributed by atoms with E-state index in [1.807, 2.05) is 0 Å². The first-order valence-corrected chi connectivity index (χ1v) is 8.62. The van der Waals surface area contributed by atoms with Crippen molar-refractivity contribution in [2.75, 3.05) is 6.54 Å². The minimum absolute atomic E-state index is 0.0814. The number of rotatable bonds is 6. The zero-order valence-corrected chi connectivity index (χ0v) is 14.3. The van der Waals surface area contributed by atoms with Crippen LogP contribution in [0.25, 0.3) is 0 Å². The van der Waals surface area contributed by atoms with Crippen LogP contribution >= 0.6 is 11.6 Å². The van der Waals surface area contributed by atoms with Crippen molar-refractivity contribution in [1.29, 1.82) is 0 Å². The van der Waals surface area contributed by atoms with Crippen molar-refractivity contribution in [2.24, 2.45) is 0 Å². The summed E-state index contributed by atoms with van der Waals surface area (Å²) in [6.45, 7) is 0.802. The van der Waals surface area contributed by atoms with Crippen LogP contribution in [0.15, 0.2) is 42.5 Å². The molecule has 2 aromatic rings. The van der Waals surface area contributed by atoms with E-state index in [-0.39, 0.29) is 28.4 Å². The molecular formula is C19H19ClF2N2O. The molecular weight excluding hydrogens is 346 g/mol. The first kappa shape index (κ1) is 17.8. The average Bonchev–Trinajstić information content (AvgIpc) is 2.53. The molecule has 1 aliphatic rings. The molecule has 0 spiro atoms. The Morgan fingerprint density at radius 2 is 1.76 bits per heavy atom. The summed E-state index contributed by atoms with van der Waals surface area (Å²) in [5.41, 5.74) is 1.32. The second-order valence-electron chi connectivity index (χ2n) is 6.33. The van der Waals surface area contributed by atoms with Crippen LogP contribution in [0.4, 0.5) is 8.78 Å². The van der Waals surface area contributed by atoms with Gasteiger partial charge in [-0.2, -0.15) is 0 Å². The van der Waals surface area contributed by atoms with E-state index in [0.29, 0.717) is 6.04 Å². The Morgan fingerprint density at radius 1 is 1.04 bits per heavy atom. The maximum Gasteiger partial charge on any atom is 0.251 e. The Morgan fingerprint density at radius 3 is 2.44 bits per heavy atom. The summed E-state index contributed by atoms with van der Waals surface area (Å²) >= 11 is 5.77. The second kappa shape index (κ2) is 7.93. The molecule has 0 radical (unpaired) electrons. The van der Waals surface area contributed by atoms with E-state index in [0.717, 1.165) is 31.4 Å². The predicted molar refractivity (Wildman–Crippen MR) is 93.8 cm³/mol. The molecule has 0 atom stereocenters. The molecule has 1 saturated carbocycles. The van der Waals surface area contributed by atoms with Gasteiger partial charge in [0.2, 0.25) is 0 Å². The van der Waals surface area contributed by atoms with E-state index in [1.54, 1.807) is 12.1 Å². The van der Waals surface area contributed by atoms with Crippen molar-refractivity contribution in [3.8, 4) is 0 Å². The maximum atomic E-state index is 13.3. The summed E-state index contributed by atoms with van der Waals surface area (Å²) < 4.78 is 26.1. The molecule has 0 bridgehead atoms. The molecule has 1 amide bonds. The Balaban J connectivity index is 1.37. The molecule has 3 nitrogen and oxygen atoms in total. The fourth-order valence-corrected chi connectivity index (χ4v) is 3.15. The molecule has 0 saturated heterocycles. The lowest BCUT2D eigenvalue weighted by Gasteiger charge is -2.36.